The van der Waals surface area contributed by atoms with Gasteiger partial charge < -0.3 is 15.1 Å². The Morgan fingerprint density at radius 2 is 2.13 bits per heavy atom. The second-order valence-electron chi connectivity index (χ2n) is 4.30. The normalized spacial score (nSPS) is 20.4. The standard InChI is InChI=1S/C12H20N2O/c1-9-3-4-11(15-9)12(13-2)10-5-7-14-8-6-10/h3-4,10,12-14H,5-8H2,1-2H3. The molecular formula is C12H20N2O. The number of aryl methyl sites for hydroxylation is 1. The van der Waals surface area contributed by atoms with Gasteiger partial charge in [-0.15, -0.1) is 0 Å². The average molecular weight is 208 g/mol. The van der Waals surface area contributed by atoms with Gasteiger partial charge >= 0.3 is 0 Å². The lowest BCUT2D eigenvalue weighted by atomic mass is 9.89. The molecule has 1 aromatic rings. The average Bonchev–Trinajstić information content (AvgIpc) is 2.68. The van der Waals surface area contributed by atoms with Crippen LogP contribution in [0.1, 0.15) is 30.4 Å². The third kappa shape index (κ3) is 2.41. The highest BCUT2D eigenvalue weighted by molar-refractivity contribution is 5.11. The summed E-state index contributed by atoms with van der Waals surface area (Å²) >= 11 is 0. The van der Waals surface area contributed by atoms with Crippen molar-refractivity contribution in [1.82, 2.24) is 10.6 Å². The van der Waals surface area contributed by atoms with E-state index in [2.05, 4.69) is 16.7 Å². The third-order valence-corrected chi connectivity index (χ3v) is 3.23. The van der Waals surface area contributed by atoms with Gasteiger partial charge in [0.2, 0.25) is 0 Å². The Kier molecular flexibility index (Phi) is 3.44. The fraction of sp³-hybridized carbons (Fsp3) is 0.667. The number of nitrogens with one attached hydrogen (secondary N) is 2. The maximum Gasteiger partial charge on any atom is 0.121 e. The number of piperidine rings is 1. The molecular weight excluding hydrogens is 188 g/mol. The Morgan fingerprint density at radius 1 is 1.40 bits per heavy atom. The first-order valence-corrected chi connectivity index (χ1v) is 5.75. The molecule has 3 nitrogen and oxygen atoms in total. The molecule has 0 spiro atoms. The molecule has 1 saturated heterocycles. The van der Waals surface area contributed by atoms with Crippen LogP contribution in [0.15, 0.2) is 16.5 Å². The fourth-order valence-corrected chi connectivity index (χ4v) is 2.41. The Hall–Kier alpha value is -0.800. The molecule has 0 aromatic carbocycles. The molecule has 0 aliphatic carbocycles. The molecule has 0 radical (unpaired) electrons. The van der Waals surface area contributed by atoms with Gasteiger partial charge in [-0.2, -0.15) is 0 Å². The van der Waals surface area contributed by atoms with E-state index in [1.807, 2.05) is 20.0 Å². The summed E-state index contributed by atoms with van der Waals surface area (Å²) in [7, 11) is 2.02. The van der Waals surface area contributed by atoms with Crippen LogP contribution in [0.5, 0.6) is 0 Å². The maximum absolute atomic E-state index is 5.71. The zero-order valence-electron chi connectivity index (χ0n) is 9.55. The molecule has 3 heteroatoms. The van der Waals surface area contributed by atoms with E-state index in [1.165, 1.54) is 12.8 Å². The van der Waals surface area contributed by atoms with Gasteiger partial charge in [-0.1, -0.05) is 0 Å². The zero-order valence-corrected chi connectivity index (χ0v) is 9.55. The molecule has 2 rings (SSSR count). The van der Waals surface area contributed by atoms with E-state index in [0.717, 1.165) is 24.6 Å². The molecule has 1 aromatic heterocycles. The van der Waals surface area contributed by atoms with Gasteiger partial charge in [-0.25, -0.2) is 0 Å². The van der Waals surface area contributed by atoms with Gasteiger partial charge in [0.25, 0.3) is 0 Å². The first kappa shape index (κ1) is 10.7. The van der Waals surface area contributed by atoms with Crippen molar-refractivity contribution in [2.75, 3.05) is 20.1 Å². The molecule has 2 N–H and O–H groups in total. The minimum absolute atomic E-state index is 0.376. The van der Waals surface area contributed by atoms with Gasteiger partial charge in [0.1, 0.15) is 11.5 Å². The summed E-state index contributed by atoms with van der Waals surface area (Å²) in [6.45, 7) is 4.25. The van der Waals surface area contributed by atoms with E-state index in [0.29, 0.717) is 12.0 Å². The first-order valence-electron chi connectivity index (χ1n) is 5.75. The van der Waals surface area contributed by atoms with Crippen LogP contribution in [0.3, 0.4) is 0 Å². The summed E-state index contributed by atoms with van der Waals surface area (Å²) in [5.74, 6) is 2.78. The van der Waals surface area contributed by atoms with Crippen LogP contribution >= 0.6 is 0 Å². The molecule has 0 saturated carbocycles. The van der Waals surface area contributed by atoms with Crippen molar-refractivity contribution in [3.05, 3.63) is 23.7 Å². The molecule has 84 valence electrons. The smallest absolute Gasteiger partial charge is 0.121 e. The van der Waals surface area contributed by atoms with Crippen LogP contribution in [0.2, 0.25) is 0 Å². The molecule has 1 unspecified atom stereocenters. The van der Waals surface area contributed by atoms with E-state index < -0.39 is 0 Å². The van der Waals surface area contributed by atoms with E-state index in [1.54, 1.807) is 0 Å². The van der Waals surface area contributed by atoms with E-state index in [-0.39, 0.29) is 0 Å². The van der Waals surface area contributed by atoms with Crippen molar-refractivity contribution in [2.45, 2.75) is 25.8 Å². The lowest BCUT2D eigenvalue weighted by Crippen LogP contribution is -2.35. The van der Waals surface area contributed by atoms with Crippen molar-refractivity contribution in [1.29, 1.82) is 0 Å². The third-order valence-electron chi connectivity index (χ3n) is 3.23. The van der Waals surface area contributed by atoms with E-state index >= 15 is 0 Å². The van der Waals surface area contributed by atoms with E-state index in [4.69, 9.17) is 4.42 Å². The van der Waals surface area contributed by atoms with Crippen LogP contribution in [-0.2, 0) is 0 Å². The van der Waals surface area contributed by atoms with Gasteiger partial charge in [-0.05, 0) is 58.0 Å². The van der Waals surface area contributed by atoms with Gasteiger partial charge in [0.15, 0.2) is 0 Å². The van der Waals surface area contributed by atoms with Crippen molar-refractivity contribution in [2.24, 2.45) is 5.92 Å². The molecule has 1 atom stereocenters. The number of hydrogen-bond acceptors (Lipinski definition) is 3. The number of rotatable bonds is 3. The highest BCUT2D eigenvalue weighted by Gasteiger charge is 2.25. The zero-order chi connectivity index (χ0) is 10.7. The molecule has 2 heterocycles. The molecule has 0 bridgehead atoms. The van der Waals surface area contributed by atoms with Gasteiger partial charge in [0.05, 0.1) is 6.04 Å². The largest absolute Gasteiger partial charge is 0.465 e. The molecule has 1 aliphatic heterocycles. The van der Waals surface area contributed by atoms with Crippen LogP contribution < -0.4 is 10.6 Å². The molecule has 1 aliphatic rings. The molecule has 15 heavy (non-hydrogen) atoms. The predicted octanol–water partition coefficient (Wildman–Crippen LogP) is 1.85. The van der Waals surface area contributed by atoms with E-state index in [9.17, 15) is 0 Å². The predicted molar refractivity (Wildman–Crippen MR) is 60.8 cm³/mol. The molecule has 1 fully saturated rings. The Morgan fingerprint density at radius 3 is 2.67 bits per heavy atom. The summed E-state index contributed by atoms with van der Waals surface area (Å²) in [5.41, 5.74) is 0. The van der Waals surface area contributed by atoms with Crippen molar-refractivity contribution < 1.29 is 4.42 Å². The fourth-order valence-electron chi connectivity index (χ4n) is 2.41. The lowest BCUT2D eigenvalue weighted by molar-refractivity contribution is 0.261. The summed E-state index contributed by atoms with van der Waals surface area (Å²) in [4.78, 5) is 0. The minimum atomic E-state index is 0.376. The van der Waals surface area contributed by atoms with Crippen LogP contribution in [-0.4, -0.2) is 20.1 Å². The molecule has 0 amide bonds. The first-order chi connectivity index (χ1) is 7.31. The van der Waals surface area contributed by atoms with Crippen LogP contribution in [0.4, 0.5) is 0 Å². The Bertz CT molecular complexity index is 302. The minimum Gasteiger partial charge on any atom is -0.465 e. The summed E-state index contributed by atoms with van der Waals surface area (Å²) < 4.78 is 5.71. The van der Waals surface area contributed by atoms with Gasteiger partial charge in [-0.3, -0.25) is 0 Å². The lowest BCUT2D eigenvalue weighted by Gasteiger charge is -2.29. The Balaban J connectivity index is 2.08. The summed E-state index contributed by atoms with van der Waals surface area (Å²) in [5, 5.41) is 6.77. The van der Waals surface area contributed by atoms with Crippen molar-refractivity contribution >= 4 is 0 Å². The van der Waals surface area contributed by atoms with Crippen LogP contribution in [0, 0.1) is 12.8 Å². The Labute approximate surface area is 91.2 Å². The highest BCUT2D eigenvalue weighted by atomic mass is 16.3. The number of furan rings is 1. The number of hydrogen-bond donors (Lipinski definition) is 2. The maximum atomic E-state index is 5.71. The second kappa shape index (κ2) is 4.81. The van der Waals surface area contributed by atoms with Crippen molar-refractivity contribution in [3.8, 4) is 0 Å². The summed E-state index contributed by atoms with van der Waals surface area (Å²) in [6, 6.07) is 4.51. The van der Waals surface area contributed by atoms with Crippen molar-refractivity contribution in [3.63, 3.8) is 0 Å². The van der Waals surface area contributed by atoms with Crippen LogP contribution in [0.25, 0.3) is 0 Å². The van der Waals surface area contributed by atoms with Gasteiger partial charge in [0, 0.05) is 0 Å². The second-order valence-corrected chi connectivity index (χ2v) is 4.30. The quantitative estimate of drug-likeness (QED) is 0.796. The SMILES string of the molecule is CNC(c1ccc(C)o1)C1CCNCC1. The highest BCUT2D eigenvalue weighted by Crippen LogP contribution is 2.29. The monoisotopic (exact) mass is 208 g/mol. The summed E-state index contributed by atoms with van der Waals surface area (Å²) in [6.07, 6.45) is 2.45. The topological polar surface area (TPSA) is 37.2 Å².